The van der Waals surface area contributed by atoms with Gasteiger partial charge in [-0.1, -0.05) is 0 Å². The van der Waals surface area contributed by atoms with Crippen molar-refractivity contribution in [2.24, 2.45) is 11.8 Å². The maximum Gasteiger partial charge on any atom is 0.229 e. The monoisotopic (exact) mass is 742 g/mol. The zero-order valence-electron chi connectivity index (χ0n) is 28.9. The number of benzene rings is 2. The Kier molecular flexibility index (Phi) is 11.8. The topological polar surface area (TPSA) is 254 Å². The highest BCUT2D eigenvalue weighted by atomic mass is 16.7. The lowest BCUT2D eigenvalue weighted by molar-refractivity contribution is -0.277. The van der Waals surface area contributed by atoms with Crippen LogP contribution in [0.1, 0.15) is 23.3 Å². The van der Waals surface area contributed by atoms with E-state index < -0.39 is 86.8 Å². The van der Waals surface area contributed by atoms with Crippen LogP contribution in [0.3, 0.4) is 0 Å². The second kappa shape index (κ2) is 16.0. The van der Waals surface area contributed by atoms with Crippen molar-refractivity contribution in [2.45, 2.75) is 73.6 Å². The molecule has 4 fully saturated rings. The molecule has 18 nitrogen and oxygen atoms in total. The number of methoxy groups -OCH3 is 4. The van der Waals surface area contributed by atoms with Crippen LogP contribution in [0.25, 0.3) is 0 Å². The third-order valence-electron chi connectivity index (χ3n) is 10.1. The van der Waals surface area contributed by atoms with Crippen molar-refractivity contribution in [2.75, 3.05) is 54.9 Å². The maximum atomic E-state index is 10.5. The third kappa shape index (κ3) is 6.94. The van der Waals surface area contributed by atoms with Crippen molar-refractivity contribution in [3.63, 3.8) is 0 Å². The highest BCUT2D eigenvalue weighted by molar-refractivity contribution is 5.56. The molecule has 4 aliphatic rings. The van der Waals surface area contributed by atoms with Gasteiger partial charge in [0, 0.05) is 11.8 Å². The molecule has 4 aliphatic heterocycles. The van der Waals surface area contributed by atoms with Gasteiger partial charge in [0.05, 0.1) is 67.1 Å². The molecule has 8 N–H and O–H groups in total. The molecule has 0 spiro atoms. The summed E-state index contributed by atoms with van der Waals surface area (Å²) in [5.74, 6) is 0.683. The van der Waals surface area contributed by atoms with E-state index in [1.54, 1.807) is 24.3 Å². The van der Waals surface area contributed by atoms with Crippen LogP contribution >= 0.6 is 0 Å². The Labute approximate surface area is 298 Å². The molecule has 0 radical (unpaired) electrons. The lowest BCUT2D eigenvalue weighted by atomic mass is 9.84. The summed E-state index contributed by atoms with van der Waals surface area (Å²) in [4.78, 5) is 0. The van der Waals surface area contributed by atoms with Crippen molar-refractivity contribution in [3.8, 4) is 34.5 Å². The van der Waals surface area contributed by atoms with E-state index in [1.807, 2.05) is 0 Å². The van der Waals surface area contributed by atoms with Gasteiger partial charge in [0.1, 0.15) is 48.8 Å². The molecule has 52 heavy (non-hydrogen) atoms. The maximum absolute atomic E-state index is 10.5. The normalized spacial score (nSPS) is 37.3. The Morgan fingerprint density at radius 1 is 0.519 bits per heavy atom. The van der Waals surface area contributed by atoms with Crippen molar-refractivity contribution in [1.29, 1.82) is 0 Å². The van der Waals surface area contributed by atoms with Crippen LogP contribution in [0.2, 0.25) is 0 Å². The van der Waals surface area contributed by atoms with Gasteiger partial charge in [-0.05, 0) is 35.4 Å². The summed E-state index contributed by atoms with van der Waals surface area (Å²) in [6.45, 7) is -0.604. The fraction of sp³-hybridized carbons (Fsp3) is 0.647. The minimum atomic E-state index is -1.65. The smallest absolute Gasteiger partial charge is 0.229 e. The zero-order chi connectivity index (χ0) is 37.4. The molecule has 0 aromatic heterocycles. The van der Waals surface area contributed by atoms with Gasteiger partial charge < -0.3 is 88.2 Å². The fourth-order valence-electron chi connectivity index (χ4n) is 7.16. The highest BCUT2D eigenvalue weighted by Gasteiger charge is 2.50. The summed E-state index contributed by atoms with van der Waals surface area (Å²) in [7, 11) is 5.66. The minimum Gasteiger partial charge on any atom is -0.493 e. The number of hydrogen-bond acceptors (Lipinski definition) is 18. The van der Waals surface area contributed by atoms with Gasteiger partial charge >= 0.3 is 0 Å². The predicted molar refractivity (Wildman–Crippen MR) is 172 cm³/mol. The number of ether oxygens (including phenoxy) is 10. The summed E-state index contributed by atoms with van der Waals surface area (Å²) in [6.07, 6.45) is -15.9. The summed E-state index contributed by atoms with van der Waals surface area (Å²) in [5.41, 5.74) is 1.37. The molecular weight excluding hydrogens is 696 g/mol. The van der Waals surface area contributed by atoms with Gasteiger partial charge in [-0.25, -0.2) is 0 Å². The number of hydrogen-bond donors (Lipinski definition) is 8. The molecule has 0 aliphatic carbocycles. The van der Waals surface area contributed by atoms with Gasteiger partial charge in [0.2, 0.25) is 24.1 Å². The average Bonchev–Trinajstić information content (AvgIpc) is 3.78. The molecule has 2 aromatic rings. The molecule has 0 amide bonds. The fourth-order valence-corrected chi connectivity index (χ4v) is 7.16. The molecule has 0 bridgehead atoms. The minimum absolute atomic E-state index is 0.0541. The molecule has 18 heteroatoms. The first kappa shape index (κ1) is 38.5. The SMILES string of the molecule is COc1cc([C@H]2OC[C@@H]3[C@@H]2CO[C@H]3c2cc(OC)c(O[C@@H]3O[C@H](CO)[C@H](O)[C@H](O)[C@H]3O)c(OC)c2)cc(OC)c1O[C@@H]1O[C@H](CO)[C@H](O)[C@H](O)[C@H]1O. The van der Waals surface area contributed by atoms with Gasteiger partial charge in [0.25, 0.3) is 0 Å². The first-order valence-corrected chi connectivity index (χ1v) is 16.7. The number of aliphatic hydroxyl groups is 8. The molecule has 290 valence electrons. The van der Waals surface area contributed by atoms with Crippen LogP contribution in [0.4, 0.5) is 0 Å². The first-order valence-electron chi connectivity index (χ1n) is 16.7. The molecule has 4 heterocycles. The van der Waals surface area contributed by atoms with Crippen molar-refractivity contribution in [3.05, 3.63) is 35.4 Å². The van der Waals surface area contributed by atoms with Crippen molar-refractivity contribution < 1.29 is 88.2 Å². The van der Waals surface area contributed by atoms with Crippen LogP contribution in [0, 0.1) is 11.8 Å². The van der Waals surface area contributed by atoms with E-state index >= 15 is 0 Å². The Bertz CT molecular complexity index is 1360. The Balaban J connectivity index is 1.22. The van der Waals surface area contributed by atoms with E-state index in [-0.39, 0.29) is 46.3 Å². The van der Waals surface area contributed by atoms with E-state index in [9.17, 15) is 40.9 Å². The van der Waals surface area contributed by atoms with E-state index in [0.29, 0.717) is 24.3 Å². The Morgan fingerprint density at radius 3 is 1.13 bits per heavy atom. The molecule has 2 aromatic carbocycles. The summed E-state index contributed by atoms with van der Waals surface area (Å²) in [6, 6.07) is 6.78. The number of aliphatic hydroxyl groups excluding tert-OH is 8. The van der Waals surface area contributed by atoms with Gasteiger partial charge in [-0.2, -0.15) is 0 Å². The van der Waals surface area contributed by atoms with Crippen LogP contribution in [0.5, 0.6) is 34.5 Å². The standard InChI is InChI=1S/C34H46O18/c1-43-17-5-13(6-18(44-2)31(17)51-33-27(41)25(39)23(37)21(9-35)49-33)29-15-11-48-30(16(15)12-47-29)14-7-19(45-3)32(20(8-14)46-4)52-34-28(42)26(40)24(38)22(10-36)50-34/h5-8,15-16,21-30,33-42H,9-12H2,1-4H3/t15-,16+,21-,22-,23+,24+,25+,26+,27-,28-,29+,30-,33+,34+/m1/s1. The van der Waals surface area contributed by atoms with Crippen LogP contribution in [-0.2, 0) is 18.9 Å². The number of fused-ring (bicyclic) bond motifs is 1. The summed E-state index contributed by atoms with van der Waals surface area (Å²) >= 11 is 0. The zero-order valence-corrected chi connectivity index (χ0v) is 28.9. The van der Waals surface area contributed by atoms with Crippen LogP contribution in [0.15, 0.2) is 24.3 Å². The molecular formula is C34H46O18. The van der Waals surface area contributed by atoms with Gasteiger partial charge in [0.15, 0.2) is 23.0 Å². The largest absolute Gasteiger partial charge is 0.493 e. The average molecular weight is 743 g/mol. The van der Waals surface area contributed by atoms with Gasteiger partial charge in [-0.3, -0.25) is 0 Å². The number of rotatable bonds is 12. The Morgan fingerprint density at radius 2 is 0.846 bits per heavy atom. The highest BCUT2D eigenvalue weighted by Crippen LogP contribution is 2.54. The first-order chi connectivity index (χ1) is 25.0. The van der Waals surface area contributed by atoms with E-state index in [0.717, 1.165) is 0 Å². The quantitative estimate of drug-likeness (QED) is 0.119. The second-order valence-corrected chi connectivity index (χ2v) is 13.0. The second-order valence-electron chi connectivity index (χ2n) is 13.0. The molecule has 6 rings (SSSR count). The molecule has 0 unspecified atom stereocenters. The molecule has 0 saturated carbocycles. The molecule has 14 atom stereocenters. The van der Waals surface area contributed by atoms with E-state index in [2.05, 4.69) is 0 Å². The lowest BCUT2D eigenvalue weighted by Gasteiger charge is -2.39. The summed E-state index contributed by atoms with van der Waals surface area (Å²) in [5, 5.41) is 81.0. The molecule has 4 saturated heterocycles. The van der Waals surface area contributed by atoms with E-state index in [4.69, 9.17) is 47.4 Å². The van der Waals surface area contributed by atoms with Crippen molar-refractivity contribution in [1.82, 2.24) is 0 Å². The predicted octanol–water partition coefficient (Wildman–Crippen LogP) is -1.85. The lowest BCUT2D eigenvalue weighted by Crippen LogP contribution is -2.60. The van der Waals surface area contributed by atoms with Crippen molar-refractivity contribution >= 4 is 0 Å². The summed E-state index contributed by atoms with van der Waals surface area (Å²) < 4.78 is 58.0. The van der Waals surface area contributed by atoms with Crippen LogP contribution in [-0.4, -0.2) is 157 Å². The Hall–Kier alpha value is -3.24. The van der Waals surface area contributed by atoms with Gasteiger partial charge in [-0.15, -0.1) is 0 Å². The van der Waals surface area contributed by atoms with Crippen LogP contribution < -0.4 is 28.4 Å². The van der Waals surface area contributed by atoms with E-state index in [1.165, 1.54) is 28.4 Å². The third-order valence-corrected chi connectivity index (χ3v) is 10.1.